The highest BCUT2D eigenvalue weighted by atomic mass is 19.1. The maximum atomic E-state index is 14.4. The monoisotopic (exact) mass is 465 g/mol. The smallest absolute Gasteiger partial charge is 0.332 e. The lowest BCUT2D eigenvalue weighted by molar-refractivity contribution is -0.140. The molecule has 0 spiro atoms. The van der Waals surface area contributed by atoms with Crippen molar-refractivity contribution in [2.45, 2.75) is 6.92 Å². The van der Waals surface area contributed by atoms with Gasteiger partial charge in [-0.1, -0.05) is 35.5 Å². The molecule has 1 aromatic heterocycles. The van der Waals surface area contributed by atoms with Crippen LogP contribution in [0.15, 0.2) is 96.2 Å². The summed E-state index contributed by atoms with van der Waals surface area (Å²) in [5, 5.41) is 5.74. The van der Waals surface area contributed by atoms with Crippen LogP contribution in [0.25, 0.3) is 27.5 Å². The molecule has 6 nitrogen and oxygen atoms in total. The summed E-state index contributed by atoms with van der Waals surface area (Å²) in [6, 6.07) is 26.3. The second kappa shape index (κ2) is 8.87. The van der Waals surface area contributed by atoms with E-state index in [2.05, 4.69) is 9.72 Å². The van der Waals surface area contributed by atoms with Crippen LogP contribution in [-0.4, -0.2) is 22.0 Å². The molecule has 4 aromatic carbocycles. The molecule has 7 heteroatoms. The largest absolute Gasteiger partial charge is 0.399 e. The summed E-state index contributed by atoms with van der Waals surface area (Å²) in [6.45, 7) is 1.15. The Morgan fingerprint density at radius 3 is 2.29 bits per heavy atom. The predicted octanol–water partition coefficient (Wildman–Crippen LogP) is 5.66. The average Bonchev–Trinajstić information content (AvgIpc) is 3.18. The lowest BCUT2D eigenvalue weighted by Crippen LogP contribution is -2.18. The van der Waals surface area contributed by atoms with Crippen molar-refractivity contribution in [3.63, 3.8) is 0 Å². The third-order valence-corrected chi connectivity index (χ3v) is 5.69. The van der Waals surface area contributed by atoms with Crippen LogP contribution < -0.4 is 5.73 Å². The van der Waals surface area contributed by atoms with E-state index >= 15 is 0 Å². The standard InChI is InChI=1S/C28H20FN3O3/c1-17(33)35-31-27(22-7-2-4-8-24(22)29)28(34)18-10-13-20(14-11-18)32-25-9-5-3-6-21(25)23-16-19(30)12-15-26(23)32/h2-16H,30H2,1H3/b31-27-. The number of oxime groups is 1. The molecule has 0 bridgehead atoms. The number of para-hydroxylation sites is 1. The first kappa shape index (κ1) is 22.0. The molecule has 0 amide bonds. The van der Waals surface area contributed by atoms with Crippen molar-refractivity contribution >= 4 is 45.0 Å². The summed E-state index contributed by atoms with van der Waals surface area (Å²) in [5.74, 6) is -1.93. The molecule has 35 heavy (non-hydrogen) atoms. The zero-order valence-electron chi connectivity index (χ0n) is 18.7. The van der Waals surface area contributed by atoms with E-state index in [-0.39, 0.29) is 16.8 Å². The van der Waals surface area contributed by atoms with E-state index in [4.69, 9.17) is 10.6 Å². The van der Waals surface area contributed by atoms with Gasteiger partial charge in [-0.25, -0.2) is 9.18 Å². The topological polar surface area (TPSA) is 86.7 Å². The molecule has 0 saturated heterocycles. The maximum Gasteiger partial charge on any atom is 0.332 e. The molecule has 5 rings (SSSR count). The number of nitrogens with two attached hydrogens (primary N) is 1. The van der Waals surface area contributed by atoms with Crippen molar-refractivity contribution in [2.24, 2.45) is 5.16 Å². The number of benzene rings is 4. The van der Waals surface area contributed by atoms with Crippen LogP contribution in [-0.2, 0) is 9.63 Å². The Balaban J connectivity index is 1.59. The van der Waals surface area contributed by atoms with Crippen molar-refractivity contribution in [1.29, 1.82) is 0 Å². The number of nitrogen functional groups attached to an aromatic ring is 1. The second-order valence-electron chi connectivity index (χ2n) is 8.01. The van der Waals surface area contributed by atoms with Gasteiger partial charge in [-0.3, -0.25) is 4.79 Å². The molecule has 0 aliphatic rings. The Hall–Kier alpha value is -4.78. The minimum absolute atomic E-state index is 0.0530. The Morgan fingerprint density at radius 1 is 0.857 bits per heavy atom. The fourth-order valence-electron chi connectivity index (χ4n) is 4.14. The molecule has 0 unspecified atom stereocenters. The van der Waals surface area contributed by atoms with Gasteiger partial charge in [0.25, 0.3) is 0 Å². The van der Waals surface area contributed by atoms with Crippen LogP contribution in [0.4, 0.5) is 10.1 Å². The molecule has 0 atom stereocenters. The van der Waals surface area contributed by atoms with Crippen LogP contribution in [0.1, 0.15) is 22.8 Å². The van der Waals surface area contributed by atoms with E-state index in [1.165, 1.54) is 18.2 Å². The third-order valence-electron chi connectivity index (χ3n) is 5.69. The van der Waals surface area contributed by atoms with Gasteiger partial charge in [0.05, 0.1) is 11.0 Å². The van der Waals surface area contributed by atoms with E-state index in [1.807, 2.05) is 42.5 Å². The van der Waals surface area contributed by atoms with E-state index in [1.54, 1.807) is 30.3 Å². The summed E-state index contributed by atoms with van der Waals surface area (Å²) in [5.41, 5.74) is 9.44. The Bertz CT molecular complexity index is 1640. The van der Waals surface area contributed by atoms with Crippen molar-refractivity contribution < 1.29 is 18.8 Å². The fraction of sp³-hybridized carbons (Fsp3) is 0.0357. The van der Waals surface area contributed by atoms with Crippen LogP contribution in [0.5, 0.6) is 0 Å². The number of carbonyl (C=O) groups excluding carboxylic acids is 2. The van der Waals surface area contributed by atoms with Crippen molar-refractivity contribution in [3.8, 4) is 5.69 Å². The van der Waals surface area contributed by atoms with Gasteiger partial charge in [-0.2, -0.15) is 0 Å². The quantitative estimate of drug-likeness (QED) is 0.119. The lowest BCUT2D eigenvalue weighted by atomic mass is 10.00. The van der Waals surface area contributed by atoms with Crippen molar-refractivity contribution in [1.82, 2.24) is 4.57 Å². The highest BCUT2D eigenvalue weighted by molar-refractivity contribution is 6.51. The Morgan fingerprint density at radius 2 is 1.54 bits per heavy atom. The summed E-state index contributed by atoms with van der Waals surface area (Å²) in [4.78, 5) is 29.2. The normalized spacial score (nSPS) is 11.7. The molecule has 0 aliphatic carbocycles. The van der Waals surface area contributed by atoms with Gasteiger partial charge in [0.2, 0.25) is 5.78 Å². The fourth-order valence-corrected chi connectivity index (χ4v) is 4.14. The number of ketones is 1. The first-order chi connectivity index (χ1) is 16.9. The summed E-state index contributed by atoms with van der Waals surface area (Å²) in [7, 11) is 0. The van der Waals surface area contributed by atoms with E-state index < -0.39 is 17.6 Å². The number of halogens is 1. The number of anilines is 1. The van der Waals surface area contributed by atoms with Gasteiger partial charge in [-0.15, -0.1) is 0 Å². The van der Waals surface area contributed by atoms with Gasteiger partial charge in [0.1, 0.15) is 5.82 Å². The highest BCUT2D eigenvalue weighted by Gasteiger charge is 2.21. The van der Waals surface area contributed by atoms with Crippen LogP contribution in [0.3, 0.4) is 0 Å². The van der Waals surface area contributed by atoms with E-state index in [0.717, 1.165) is 34.4 Å². The van der Waals surface area contributed by atoms with Gasteiger partial charge >= 0.3 is 5.97 Å². The minimum Gasteiger partial charge on any atom is -0.399 e. The number of carbonyl (C=O) groups is 2. The van der Waals surface area contributed by atoms with Crippen molar-refractivity contribution in [3.05, 3.63) is 108 Å². The Labute approximate surface area is 200 Å². The number of rotatable bonds is 5. The second-order valence-corrected chi connectivity index (χ2v) is 8.01. The van der Waals surface area contributed by atoms with Crippen LogP contribution >= 0.6 is 0 Å². The summed E-state index contributed by atoms with van der Waals surface area (Å²) >= 11 is 0. The van der Waals surface area contributed by atoms with Crippen molar-refractivity contribution in [2.75, 3.05) is 5.73 Å². The van der Waals surface area contributed by atoms with Crippen LogP contribution in [0, 0.1) is 5.82 Å². The van der Waals surface area contributed by atoms with Gasteiger partial charge in [0, 0.05) is 40.2 Å². The highest BCUT2D eigenvalue weighted by Crippen LogP contribution is 2.33. The average molecular weight is 465 g/mol. The number of hydrogen-bond donors (Lipinski definition) is 1. The summed E-state index contributed by atoms with van der Waals surface area (Å²) in [6.07, 6.45) is 0. The van der Waals surface area contributed by atoms with Crippen LogP contribution in [0.2, 0.25) is 0 Å². The number of fused-ring (bicyclic) bond motifs is 3. The number of aromatic nitrogens is 1. The molecule has 1 heterocycles. The third kappa shape index (κ3) is 4.04. The van der Waals surface area contributed by atoms with E-state index in [0.29, 0.717) is 5.69 Å². The Kier molecular flexibility index (Phi) is 5.58. The number of nitrogens with zero attached hydrogens (tertiary/aromatic N) is 2. The van der Waals surface area contributed by atoms with Gasteiger partial charge in [0.15, 0.2) is 5.71 Å². The molecule has 0 radical (unpaired) electrons. The van der Waals surface area contributed by atoms with E-state index in [9.17, 15) is 14.0 Å². The lowest BCUT2D eigenvalue weighted by Gasteiger charge is -2.10. The molecule has 0 fully saturated rings. The molecular weight excluding hydrogens is 445 g/mol. The van der Waals surface area contributed by atoms with Gasteiger partial charge in [-0.05, 0) is 60.7 Å². The SMILES string of the molecule is CC(=O)O/N=C(\C(=O)c1ccc(-n2c3ccccc3c3cc(N)ccc32)cc1)c1ccccc1F. The molecule has 2 N–H and O–H groups in total. The predicted molar refractivity (Wildman–Crippen MR) is 134 cm³/mol. The molecule has 0 aliphatic heterocycles. The number of hydrogen-bond acceptors (Lipinski definition) is 5. The first-order valence-corrected chi connectivity index (χ1v) is 10.9. The first-order valence-electron chi connectivity index (χ1n) is 10.9. The minimum atomic E-state index is -0.714. The molecule has 0 saturated carbocycles. The molecular formula is C28H20FN3O3. The summed E-state index contributed by atoms with van der Waals surface area (Å²) < 4.78 is 16.5. The molecule has 5 aromatic rings. The number of Topliss-reactive ketones (excluding diaryl/α,β-unsaturated/α-hetero) is 1. The molecule has 172 valence electrons. The zero-order valence-corrected chi connectivity index (χ0v) is 18.7. The zero-order chi connectivity index (χ0) is 24.5. The van der Waals surface area contributed by atoms with Gasteiger partial charge < -0.3 is 15.1 Å². The maximum absolute atomic E-state index is 14.4.